The SMILES string of the molecule is C=CC(C#C/C(C)=C(\C)O)NC(=O)c1ccccc1Cl.Cc1cn(-c2ccc(F)cc2)nc1C(N)=O. The highest BCUT2D eigenvalue weighted by atomic mass is 35.5. The number of aromatic nitrogens is 2. The van der Waals surface area contributed by atoms with Crippen molar-refractivity contribution in [2.24, 2.45) is 5.73 Å². The molecule has 0 fully saturated rings. The fourth-order valence-electron chi connectivity index (χ4n) is 2.72. The number of amides is 2. The number of hydrogen-bond donors (Lipinski definition) is 3. The van der Waals surface area contributed by atoms with E-state index in [0.717, 1.165) is 0 Å². The van der Waals surface area contributed by atoms with Gasteiger partial charge in [-0.3, -0.25) is 9.59 Å². The maximum atomic E-state index is 12.7. The summed E-state index contributed by atoms with van der Waals surface area (Å²) in [4.78, 5) is 23.0. The number of nitrogens with zero attached hydrogens (tertiary/aromatic N) is 2. The summed E-state index contributed by atoms with van der Waals surface area (Å²) < 4.78 is 14.2. The summed E-state index contributed by atoms with van der Waals surface area (Å²) in [6.07, 6.45) is 3.19. The number of halogens is 2. The van der Waals surface area contributed by atoms with Crippen LogP contribution in [0.1, 0.15) is 40.3 Å². The Morgan fingerprint density at radius 2 is 1.86 bits per heavy atom. The second-order valence-electron chi connectivity index (χ2n) is 7.59. The number of rotatable bonds is 5. The van der Waals surface area contributed by atoms with Crippen LogP contribution in [-0.4, -0.2) is 32.7 Å². The lowest BCUT2D eigenvalue weighted by molar-refractivity contribution is 0.0950. The number of aliphatic hydroxyl groups excluding tert-OH is 1. The monoisotopic (exact) mass is 508 g/mol. The molecule has 186 valence electrons. The number of carbonyl (C=O) groups excluding carboxylic acids is 2. The van der Waals surface area contributed by atoms with Crippen molar-refractivity contribution in [2.45, 2.75) is 26.8 Å². The molecule has 0 spiro atoms. The fraction of sp³-hybridized carbons (Fsp3) is 0.148. The molecule has 4 N–H and O–H groups in total. The second kappa shape index (κ2) is 12.9. The molecule has 0 aliphatic rings. The van der Waals surface area contributed by atoms with Crippen molar-refractivity contribution in [2.75, 3.05) is 0 Å². The molecule has 36 heavy (non-hydrogen) atoms. The van der Waals surface area contributed by atoms with E-state index in [9.17, 15) is 19.1 Å². The zero-order valence-electron chi connectivity index (χ0n) is 20.0. The Hall–Kier alpha value is -4.35. The van der Waals surface area contributed by atoms with Gasteiger partial charge in [-0.25, -0.2) is 9.07 Å². The zero-order valence-corrected chi connectivity index (χ0v) is 20.8. The van der Waals surface area contributed by atoms with Gasteiger partial charge in [-0.05, 0) is 57.2 Å². The summed E-state index contributed by atoms with van der Waals surface area (Å²) in [5, 5.41) is 16.4. The maximum absolute atomic E-state index is 12.7. The Bertz CT molecular complexity index is 1350. The first-order valence-electron chi connectivity index (χ1n) is 10.7. The molecule has 0 aliphatic heterocycles. The molecule has 1 unspecified atom stereocenters. The third kappa shape index (κ3) is 7.86. The van der Waals surface area contributed by atoms with Crippen molar-refractivity contribution in [3.8, 4) is 17.5 Å². The molecule has 0 radical (unpaired) electrons. The van der Waals surface area contributed by atoms with Gasteiger partial charge in [-0.2, -0.15) is 5.10 Å². The van der Waals surface area contributed by atoms with Gasteiger partial charge in [0, 0.05) is 17.3 Å². The first kappa shape index (κ1) is 27.9. The van der Waals surface area contributed by atoms with E-state index in [2.05, 4.69) is 28.8 Å². The normalized spacial score (nSPS) is 11.6. The van der Waals surface area contributed by atoms with E-state index in [1.54, 1.807) is 63.4 Å². The van der Waals surface area contributed by atoms with E-state index >= 15 is 0 Å². The van der Waals surface area contributed by atoms with Crippen molar-refractivity contribution >= 4 is 23.4 Å². The molecule has 0 saturated heterocycles. The summed E-state index contributed by atoms with van der Waals surface area (Å²) in [6, 6.07) is 12.1. The smallest absolute Gasteiger partial charge is 0.269 e. The van der Waals surface area contributed by atoms with Crippen LogP contribution in [0.4, 0.5) is 4.39 Å². The van der Waals surface area contributed by atoms with Crippen molar-refractivity contribution < 1.29 is 19.1 Å². The van der Waals surface area contributed by atoms with Gasteiger partial charge in [0.25, 0.3) is 11.8 Å². The third-order valence-electron chi connectivity index (χ3n) is 4.82. The second-order valence-corrected chi connectivity index (χ2v) is 8.00. The number of primary amides is 1. The average molecular weight is 509 g/mol. The maximum Gasteiger partial charge on any atom is 0.269 e. The van der Waals surface area contributed by atoms with Crippen LogP contribution in [0, 0.1) is 24.6 Å². The van der Waals surface area contributed by atoms with E-state index in [1.165, 1.54) is 22.9 Å². The van der Waals surface area contributed by atoms with Gasteiger partial charge in [0.1, 0.15) is 17.6 Å². The van der Waals surface area contributed by atoms with Crippen molar-refractivity contribution in [1.29, 1.82) is 0 Å². The molecular weight excluding hydrogens is 483 g/mol. The Balaban J connectivity index is 0.000000259. The Morgan fingerprint density at radius 3 is 2.39 bits per heavy atom. The van der Waals surface area contributed by atoms with E-state index in [1.807, 2.05) is 0 Å². The average Bonchev–Trinajstić information content (AvgIpc) is 3.24. The van der Waals surface area contributed by atoms with Crippen LogP contribution in [-0.2, 0) is 0 Å². The Labute approximate surface area is 214 Å². The largest absolute Gasteiger partial charge is 0.512 e. The van der Waals surface area contributed by atoms with E-state index in [-0.39, 0.29) is 23.2 Å². The minimum atomic E-state index is -0.571. The molecule has 2 amide bonds. The molecule has 1 heterocycles. The van der Waals surface area contributed by atoms with E-state index in [0.29, 0.717) is 27.4 Å². The number of hydrogen-bond acceptors (Lipinski definition) is 4. The van der Waals surface area contributed by atoms with Crippen LogP contribution in [0.2, 0.25) is 5.02 Å². The highest BCUT2D eigenvalue weighted by Gasteiger charge is 2.12. The van der Waals surface area contributed by atoms with Gasteiger partial charge < -0.3 is 16.2 Å². The number of carbonyl (C=O) groups is 2. The van der Waals surface area contributed by atoms with Gasteiger partial charge in [0.05, 0.1) is 16.3 Å². The van der Waals surface area contributed by atoms with Gasteiger partial charge in [0.15, 0.2) is 5.69 Å². The summed E-state index contributed by atoms with van der Waals surface area (Å²) in [7, 11) is 0. The number of aliphatic hydroxyl groups is 1. The molecule has 3 aromatic rings. The van der Waals surface area contributed by atoms with Crippen molar-refractivity contribution in [3.63, 3.8) is 0 Å². The summed E-state index contributed by atoms with van der Waals surface area (Å²) in [5.74, 6) is 4.52. The van der Waals surface area contributed by atoms with Crippen molar-refractivity contribution in [3.05, 3.63) is 106 Å². The van der Waals surface area contributed by atoms with Crippen LogP contribution in [0.3, 0.4) is 0 Å². The fourth-order valence-corrected chi connectivity index (χ4v) is 2.95. The van der Waals surface area contributed by atoms with Gasteiger partial charge in [-0.15, -0.1) is 6.58 Å². The molecule has 9 heteroatoms. The van der Waals surface area contributed by atoms with Crippen LogP contribution < -0.4 is 11.1 Å². The Kier molecular flexibility index (Phi) is 10.0. The summed E-state index contributed by atoms with van der Waals surface area (Å²) in [5.41, 5.74) is 7.68. The molecule has 1 aromatic heterocycles. The number of aryl methyl sites for hydroxylation is 1. The molecular formula is C27H26ClFN4O3. The number of nitrogens with two attached hydrogens (primary N) is 1. The number of benzene rings is 2. The zero-order chi connectivity index (χ0) is 26.8. The summed E-state index contributed by atoms with van der Waals surface area (Å²) in [6.45, 7) is 8.61. The molecule has 1 atom stereocenters. The highest BCUT2D eigenvalue weighted by Crippen LogP contribution is 2.15. The van der Waals surface area contributed by atoms with E-state index < -0.39 is 11.9 Å². The molecule has 0 aliphatic carbocycles. The standard InChI is InChI=1S/C16H16ClNO2.C11H10FN3O/c1-4-13(10-9-11(2)12(3)19)18-16(20)14-7-5-6-8-15(14)17;1-7-6-15(14-10(7)11(13)16)9-4-2-8(12)3-5-9/h4-8,13,19H,1H2,2-3H3,(H,18,20);2-6H,1H3,(H2,13,16)/b12-11+;. The lowest BCUT2D eigenvalue weighted by atomic mass is 10.2. The van der Waals surface area contributed by atoms with E-state index in [4.69, 9.17) is 17.3 Å². The number of allylic oxidation sites excluding steroid dienone is 2. The van der Waals surface area contributed by atoms with Gasteiger partial charge in [-0.1, -0.05) is 41.7 Å². The summed E-state index contributed by atoms with van der Waals surface area (Å²) >= 11 is 5.95. The molecule has 7 nitrogen and oxygen atoms in total. The highest BCUT2D eigenvalue weighted by molar-refractivity contribution is 6.33. The van der Waals surface area contributed by atoms with Crippen LogP contribution >= 0.6 is 11.6 Å². The first-order valence-corrected chi connectivity index (χ1v) is 11.1. The van der Waals surface area contributed by atoms with Crippen LogP contribution in [0.5, 0.6) is 0 Å². The molecule has 0 saturated carbocycles. The Morgan fingerprint density at radius 1 is 1.22 bits per heavy atom. The molecule has 3 rings (SSSR count). The molecule has 2 aromatic carbocycles. The van der Waals surface area contributed by atoms with Gasteiger partial charge >= 0.3 is 0 Å². The minimum absolute atomic E-state index is 0.151. The number of nitrogens with one attached hydrogen (secondary N) is 1. The lowest BCUT2D eigenvalue weighted by Crippen LogP contribution is -2.32. The quantitative estimate of drug-likeness (QED) is 0.258. The van der Waals surface area contributed by atoms with Crippen LogP contribution in [0.25, 0.3) is 5.69 Å². The predicted molar refractivity (Wildman–Crippen MR) is 138 cm³/mol. The van der Waals surface area contributed by atoms with Gasteiger partial charge in [0.2, 0.25) is 0 Å². The lowest BCUT2D eigenvalue weighted by Gasteiger charge is -2.09. The minimum Gasteiger partial charge on any atom is -0.512 e. The van der Waals surface area contributed by atoms with Crippen LogP contribution in [0.15, 0.2) is 78.7 Å². The third-order valence-corrected chi connectivity index (χ3v) is 5.15. The topological polar surface area (TPSA) is 110 Å². The van der Waals surface area contributed by atoms with Crippen molar-refractivity contribution in [1.82, 2.24) is 15.1 Å². The molecule has 0 bridgehead atoms. The first-order chi connectivity index (χ1) is 17.0. The predicted octanol–water partition coefficient (Wildman–Crippen LogP) is 4.90.